The van der Waals surface area contributed by atoms with Gasteiger partial charge in [0.1, 0.15) is 6.10 Å². The number of rotatable bonds is 4. The average molecular weight is 287 g/mol. The van der Waals surface area contributed by atoms with Gasteiger partial charge < -0.3 is 4.74 Å². The summed E-state index contributed by atoms with van der Waals surface area (Å²) in [6.07, 6.45) is 3.86. The van der Waals surface area contributed by atoms with E-state index < -0.39 is 5.24 Å². The van der Waals surface area contributed by atoms with Crippen molar-refractivity contribution >= 4 is 22.8 Å². The van der Waals surface area contributed by atoms with Crippen LogP contribution in [0.3, 0.4) is 0 Å². The van der Waals surface area contributed by atoms with E-state index in [1.165, 1.54) is 6.42 Å². The first kappa shape index (κ1) is 14.8. The predicted octanol–water partition coefficient (Wildman–Crippen LogP) is 3.39. The van der Waals surface area contributed by atoms with E-state index in [4.69, 9.17) is 16.3 Å². The molecule has 0 N–H and O–H groups in total. The molecule has 0 spiro atoms. The number of hydrogen-bond acceptors (Lipinski definition) is 3. The van der Waals surface area contributed by atoms with Gasteiger partial charge in [0.05, 0.1) is 5.92 Å². The van der Waals surface area contributed by atoms with E-state index in [1.807, 2.05) is 0 Å². The highest BCUT2D eigenvalue weighted by atomic mass is 35.5. The van der Waals surface area contributed by atoms with Gasteiger partial charge in [-0.3, -0.25) is 9.59 Å². The maximum atomic E-state index is 12.0. The first-order valence-corrected chi connectivity index (χ1v) is 7.67. The minimum Gasteiger partial charge on any atom is -0.462 e. The van der Waals surface area contributed by atoms with Crippen molar-refractivity contribution in [2.75, 3.05) is 0 Å². The van der Waals surface area contributed by atoms with Gasteiger partial charge >= 0.3 is 5.97 Å². The van der Waals surface area contributed by atoms with Crippen molar-refractivity contribution in [1.82, 2.24) is 0 Å². The molecule has 3 nitrogen and oxygen atoms in total. The Labute approximate surface area is 120 Å². The summed E-state index contributed by atoms with van der Waals surface area (Å²) in [4.78, 5) is 23.0. The summed E-state index contributed by atoms with van der Waals surface area (Å²) < 4.78 is 5.69. The zero-order chi connectivity index (χ0) is 14.2. The van der Waals surface area contributed by atoms with E-state index in [0.29, 0.717) is 24.2 Å². The van der Waals surface area contributed by atoms with E-state index in [9.17, 15) is 9.59 Å². The molecule has 2 saturated carbocycles. The van der Waals surface area contributed by atoms with Crippen LogP contribution in [0.1, 0.15) is 46.5 Å². The number of esters is 1. The fourth-order valence-corrected chi connectivity index (χ4v) is 3.43. The second-order valence-electron chi connectivity index (χ2n) is 6.55. The molecule has 5 unspecified atom stereocenters. The molecule has 0 aromatic heterocycles. The van der Waals surface area contributed by atoms with Crippen LogP contribution in [0, 0.1) is 29.6 Å². The quantitative estimate of drug-likeness (QED) is 0.588. The highest BCUT2D eigenvalue weighted by Gasteiger charge is 2.49. The predicted molar refractivity (Wildman–Crippen MR) is 73.7 cm³/mol. The maximum Gasteiger partial charge on any atom is 0.310 e. The summed E-state index contributed by atoms with van der Waals surface area (Å²) in [5.41, 5.74) is 0. The molecule has 0 aromatic rings. The van der Waals surface area contributed by atoms with Crippen LogP contribution in [0.4, 0.5) is 0 Å². The van der Waals surface area contributed by atoms with Crippen molar-refractivity contribution in [3.63, 3.8) is 0 Å². The van der Waals surface area contributed by atoms with Crippen LogP contribution in [0.5, 0.6) is 0 Å². The largest absolute Gasteiger partial charge is 0.462 e. The van der Waals surface area contributed by atoms with Crippen LogP contribution in [0.25, 0.3) is 0 Å². The van der Waals surface area contributed by atoms with Crippen molar-refractivity contribution in [1.29, 1.82) is 0 Å². The Morgan fingerprint density at radius 3 is 2.37 bits per heavy atom. The molecular weight excluding hydrogens is 264 g/mol. The van der Waals surface area contributed by atoms with Crippen molar-refractivity contribution in [3.05, 3.63) is 0 Å². The zero-order valence-corrected chi connectivity index (χ0v) is 12.7. The van der Waals surface area contributed by atoms with Crippen LogP contribution < -0.4 is 0 Å². The average Bonchev–Trinajstić information content (AvgIpc) is 3.08. The molecule has 0 aromatic carbocycles. The molecule has 2 aliphatic carbocycles. The summed E-state index contributed by atoms with van der Waals surface area (Å²) in [5.74, 6) is 0.781. The Hall–Kier alpha value is -0.570. The fourth-order valence-electron chi connectivity index (χ4n) is 3.19. The first-order chi connectivity index (χ1) is 8.90. The standard InChI is InChI=1S/C15H23ClO3/c1-8(2)10-5-4-9(3)6-13(10)19-15(18)12-7-11(12)14(16)17/h8-13H,4-7H2,1-3H3. The van der Waals surface area contributed by atoms with E-state index in [-0.39, 0.29) is 23.9 Å². The van der Waals surface area contributed by atoms with Gasteiger partial charge in [0.2, 0.25) is 5.24 Å². The lowest BCUT2D eigenvalue weighted by molar-refractivity contribution is -0.158. The van der Waals surface area contributed by atoms with Crippen molar-refractivity contribution in [2.24, 2.45) is 29.6 Å². The van der Waals surface area contributed by atoms with Gasteiger partial charge in [-0.1, -0.05) is 27.2 Å². The molecule has 0 bridgehead atoms. The first-order valence-electron chi connectivity index (χ1n) is 7.30. The lowest BCUT2D eigenvalue weighted by atomic mass is 9.75. The minimum atomic E-state index is -0.403. The van der Waals surface area contributed by atoms with Gasteiger partial charge in [0.15, 0.2) is 0 Å². The summed E-state index contributed by atoms with van der Waals surface area (Å²) in [7, 11) is 0. The molecule has 2 aliphatic rings. The van der Waals surface area contributed by atoms with E-state index in [1.54, 1.807) is 0 Å². The number of carbonyl (C=O) groups is 2. The molecule has 19 heavy (non-hydrogen) atoms. The summed E-state index contributed by atoms with van der Waals surface area (Å²) in [6, 6.07) is 0. The van der Waals surface area contributed by atoms with Gasteiger partial charge in [-0.2, -0.15) is 0 Å². The highest BCUT2D eigenvalue weighted by molar-refractivity contribution is 6.64. The third kappa shape index (κ3) is 3.50. The fraction of sp³-hybridized carbons (Fsp3) is 0.867. The molecule has 4 heteroatoms. The molecule has 0 saturated heterocycles. The number of hydrogen-bond donors (Lipinski definition) is 0. The Morgan fingerprint density at radius 2 is 1.84 bits per heavy atom. The SMILES string of the molecule is CC1CCC(C(C)C)C(OC(=O)C2CC2C(=O)Cl)C1. The number of ether oxygens (including phenoxy) is 1. The highest BCUT2D eigenvalue weighted by Crippen LogP contribution is 2.43. The van der Waals surface area contributed by atoms with Gasteiger partial charge in [-0.15, -0.1) is 0 Å². The van der Waals surface area contributed by atoms with Crippen LogP contribution in [0.2, 0.25) is 0 Å². The second kappa shape index (κ2) is 5.82. The molecule has 5 atom stereocenters. The Kier molecular flexibility index (Phi) is 4.54. The normalized spacial score (nSPS) is 38.1. The maximum absolute atomic E-state index is 12.0. The Balaban J connectivity index is 1.92. The van der Waals surface area contributed by atoms with Gasteiger partial charge in [0, 0.05) is 5.92 Å². The molecule has 108 valence electrons. The molecular formula is C15H23ClO3. The summed E-state index contributed by atoms with van der Waals surface area (Å²) in [5, 5.41) is -0.403. The van der Waals surface area contributed by atoms with Crippen LogP contribution in [0.15, 0.2) is 0 Å². The minimum absolute atomic E-state index is 0.0166. The monoisotopic (exact) mass is 286 g/mol. The molecule has 0 aliphatic heterocycles. The summed E-state index contributed by atoms with van der Waals surface area (Å²) in [6.45, 7) is 6.58. The summed E-state index contributed by atoms with van der Waals surface area (Å²) >= 11 is 5.41. The number of halogens is 1. The van der Waals surface area contributed by atoms with Gasteiger partial charge in [-0.05, 0) is 48.6 Å². The zero-order valence-electron chi connectivity index (χ0n) is 11.9. The van der Waals surface area contributed by atoms with E-state index in [2.05, 4.69) is 20.8 Å². The van der Waals surface area contributed by atoms with E-state index >= 15 is 0 Å². The molecule has 0 heterocycles. The van der Waals surface area contributed by atoms with Crippen LogP contribution in [-0.4, -0.2) is 17.3 Å². The Bertz CT molecular complexity index is 366. The third-order valence-electron chi connectivity index (χ3n) is 4.61. The Morgan fingerprint density at radius 1 is 1.16 bits per heavy atom. The third-order valence-corrected chi connectivity index (χ3v) is 4.89. The molecule has 0 radical (unpaired) electrons. The lowest BCUT2D eigenvalue weighted by Crippen LogP contribution is -2.36. The molecule has 2 fully saturated rings. The van der Waals surface area contributed by atoms with E-state index in [0.717, 1.165) is 12.8 Å². The van der Waals surface area contributed by atoms with Gasteiger partial charge in [-0.25, -0.2) is 0 Å². The van der Waals surface area contributed by atoms with Crippen molar-refractivity contribution in [2.45, 2.75) is 52.6 Å². The topological polar surface area (TPSA) is 43.4 Å². The van der Waals surface area contributed by atoms with Crippen LogP contribution >= 0.6 is 11.6 Å². The molecule has 2 rings (SSSR count). The second-order valence-corrected chi connectivity index (χ2v) is 6.93. The smallest absolute Gasteiger partial charge is 0.310 e. The van der Waals surface area contributed by atoms with Crippen molar-refractivity contribution < 1.29 is 14.3 Å². The lowest BCUT2D eigenvalue weighted by Gasteiger charge is -2.36. The molecule has 0 amide bonds. The number of carbonyl (C=O) groups excluding carboxylic acids is 2. The van der Waals surface area contributed by atoms with Gasteiger partial charge in [0.25, 0.3) is 0 Å². The van der Waals surface area contributed by atoms with Crippen molar-refractivity contribution in [3.8, 4) is 0 Å². The van der Waals surface area contributed by atoms with Crippen LogP contribution in [-0.2, 0) is 14.3 Å².